The van der Waals surface area contributed by atoms with Gasteiger partial charge < -0.3 is 20.4 Å². The number of amides is 1. The molecule has 1 aliphatic carbocycles. The number of fused-ring (bicyclic) bond motifs is 1. The lowest BCUT2D eigenvalue weighted by molar-refractivity contribution is 0.0935. The van der Waals surface area contributed by atoms with Crippen molar-refractivity contribution in [2.75, 3.05) is 6.54 Å². The highest BCUT2D eigenvalue weighted by Crippen LogP contribution is 2.43. The molecule has 2 atom stereocenters. The molecule has 2 unspecified atom stereocenters. The smallest absolute Gasteiger partial charge is 0.336 e. The van der Waals surface area contributed by atoms with Gasteiger partial charge in [0, 0.05) is 6.04 Å². The molecule has 4 N–H and O–H groups in total. The highest BCUT2D eigenvalue weighted by atomic mass is 32.1. The summed E-state index contributed by atoms with van der Waals surface area (Å²) in [7, 11) is -4.42. The number of piperidine rings is 1. The van der Waals surface area contributed by atoms with E-state index in [2.05, 4.69) is 10.6 Å². The van der Waals surface area contributed by atoms with Gasteiger partial charge in [0.1, 0.15) is 5.78 Å². The molecule has 2 aliphatic rings. The molecule has 1 aliphatic heterocycles. The van der Waals surface area contributed by atoms with Crippen LogP contribution in [-0.4, -0.2) is 34.1 Å². The van der Waals surface area contributed by atoms with Crippen LogP contribution in [-0.2, 0) is 17.4 Å². The van der Waals surface area contributed by atoms with Gasteiger partial charge >= 0.3 is 7.60 Å². The Kier molecular flexibility index (Phi) is 5.23. The van der Waals surface area contributed by atoms with Crippen molar-refractivity contribution in [3.8, 4) is 0 Å². The second-order valence-corrected chi connectivity index (χ2v) is 8.95. The lowest BCUT2D eigenvalue weighted by Crippen LogP contribution is -2.51. The molecule has 0 spiro atoms. The van der Waals surface area contributed by atoms with E-state index in [4.69, 9.17) is 0 Å². The Balaban J connectivity index is 1.78. The van der Waals surface area contributed by atoms with Crippen molar-refractivity contribution in [1.29, 1.82) is 0 Å². The zero-order chi connectivity index (χ0) is 16.4. The van der Waals surface area contributed by atoms with E-state index >= 15 is 0 Å². The summed E-state index contributed by atoms with van der Waals surface area (Å²) in [5.41, 5.74) is 2.29. The second-order valence-electron chi connectivity index (χ2n) is 6.34. The lowest BCUT2D eigenvalue weighted by atomic mass is 9.94. The summed E-state index contributed by atoms with van der Waals surface area (Å²) in [6.45, 7) is 0.728. The predicted octanol–water partition coefficient (Wildman–Crippen LogP) is 2.00. The SMILES string of the molecule is O=C(NC(C1CCCCN1)P(=O)(O)O)c1scc2c1CCCC2. The average Bonchev–Trinajstić information content (AvgIpc) is 2.96. The van der Waals surface area contributed by atoms with Gasteiger partial charge in [-0.05, 0) is 61.6 Å². The normalized spacial score (nSPS) is 23.1. The second kappa shape index (κ2) is 7.03. The number of hydrogen-bond acceptors (Lipinski definition) is 4. The Bertz CT molecular complexity index is 621. The molecule has 23 heavy (non-hydrogen) atoms. The Labute approximate surface area is 139 Å². The topological polar surface area (TPSA) is 98.7 Å². The first-order chi connectivity index (χ1) is 11.0. The summed E-state index contributed by atoms with van der Waals surface area (Å²) >= 11 is 1.39. The summed E-state index contributed by atoms with van der Waals surface area (Å²) < 4.78 is 11.9. The van der Waals surface area contributed by atoms with Crippen molar-refractivity contribution in [2.45, 2.75) is 56.8 Å². The zero-order valence-electron chi connectivity index (χ0n) is 13.0. The molecule has 2 heterocycles. The molecule has 128 valence electrons. The number of thiophene rings is 1. The predicted molar refractivity (Wildman–Crippen MR) is 89.9 cm³/mol. The largest absolute Gasteiger partial charge is 0.349 e. The number of aryl methyl sites for hydroxylation is 1. The summed E-state index contributed by atoms with van der Waals surface area (Å²) in [5, 5.41) is 7.77. The number of rotatable bonds is 4. The number of carbonyl (C=O) groups is 1. The van der Waals surface area contributed by atoms with Crippen molar-refractivity contribution < 1.29 is 19.1 Å². The van der Waals surface area contributed by atoms with Crippen LogP contribution >= 0.6 is 18.9 Å². The first kappa shape index (κ1) is 17.1. The van der Waals surface area contributed by atoms with Crippen LogP contribution < -0.4 is 10.6 Å². The fourth-order valence-electron chi connectivity index (χ4n) is 3.48. The van der Waals surface area contributed by atoms with Crippen molar-refractivity contribution in [2.24, 2.45) is 0 Å². The van der Waals surface area contributed by atoms with Gasteiger partial charge in [0.05, 0.1) is 4.88 Å². The minimum absolute atomic E-state index is 0.348. The maximum absolute atomic E-state index is 12.6. The summed E-state index contributed by atoms with van der Waals surface area (Å²) in [5.74, 6) is -1.50. The van der Waals surface area contributed by atoms with Gasteiger partial charge in [0.25, 0.3) is 5.91 Å². The van der Waals surface area contributed by atoms with Crippen molar-refractivity contribution >= 4 is 24.8 Å². The lowest BCUT2D eigenvalue weighted by Gasteiger charge is -2.32. The van der Waals surface area contributed by atoms with Crippen LogP contribution in [0.4, 0.5) is 0 Å². The maximum atomic E-state index is 12.6. The van der Waals surface area contributed by atoms with Crippen LogP contribution in [0.3, 0.4) is 0 Å². The molecule has 8 heteroatoms. The summed E-state index contributed by atoms with van der Waals surface area (Å²) in [6, 6.07) is -0.371. The fourth-order valence-corrected chi connectivity index (χ4v) is 5.55. The minimum atomic E-state index is -4.42. The third-order valence-corrected chi connectivity index (χ3v) is 6.96. The first-order valence-corrected chi connectivity index (χ1v) is 10.7. The van der Waals surface area contributed by atoms with Crippen LogP contribution in [0, 0.1) is 0 Å². The standard InChI is InChI=1S/C15H23N2O4PS/c18-14(13-11-6-2-1-5-10(11)9-23-13)17-15(22(19,20)21)12-7-3-4-8-16-12/h9,12,15-16H,1-8H2,(H,17,18)(H2,19,20,21). The van der Waals surface area contributed by atoms with Crippen LogP contribution in [0.25, 0.3) is 0 Å². The molecule has 1 fully saturated rings. The monoisotopic (exact) mass is 358 g/mol. The van der Waals surface area contributed by atoms with E-state index in [9.17, 15) is 19.1 Å². The van der Waals surface area contributed by atoms with Crippen molar-refractivity contribution in [1.82, 2.24) is 10.6 Å². The third kappa shape index (κ3) is 3.86. The summed E-state index contributed by atoms with van der Waals surface area (Å²) in [4.78, 5) is 32.6. The maximum Gasteiger partial charge on any atom is 0.349 e. The van der Waals surface area contributed by atoms with E-state index in [0.717, 1.165) is 50.6 Å². The fraction of sp³-hybridized carbons (Fsp3) is 0.667. The van der Waals surface area contributed by atoms with Gasteiger partial charge in [-0.3, -0.25) is 9.36 Å². The number of carbonyl (C=O) groups excluding carboxylic acids is 1. The third-order valence-electron chi connectivity index (χ3n) is 4.68. The Morgan fingerprint density at radius 2 is 2.09 bits per heavy atom. The Morgan fingerprint density at radius 3 is 2.78 bits per heavy atom. The van der Waals surface area contributed by atoms with Crippen LogP contribution in [0.5, 0.6) is 0 Å². The molecule has 0 bridgehead atoms. The molecule has 1 aromatic heterocycles. The first-order valence-electron chi connectivity index (χ1n) is 8.15. The highest BCUT2D eigenvalue weighted by Gasteiger charge is 2.38. The van der Waals surface area contributed by atoms with Crippen LogP contribution in [0.2, 0.25) is 0 Å². The van der Waals surface area contributed by atoms with Gasteiger partial charge in [0.2, 0.25) is 0 Å². The molecule has 1 aromatic rings. The van der Waals surface area contributed by atoms with E-state index in [-0.39, 0.29) is 11.9 Å². The van der Waals surface area contributed by atoms with Crippen molar-refractivity contribution in [3.63, 3.8) is 0 Å². The van der Waals surface area contributed by atoms with Crippen LogP contribution in [0.15, 0.2) is 5.38 Å². The number of hydrogen-bond donors (Lipinski definition) is 4. The molecule has 1 saturated heterocycles. The molecule has 0 aromatic carbocycles. The molecular weight excluding hydrogens is 335 g/mol. The highest BCUT2D eigenvalue weighted by molar-refractivity contribution is 7.52. The van der Waals surface area contributed by atoms with E-state index in [1.54, 1.807) is 0 Å². The molecule has 6 nitrogen and oxygen atoms in total. The van der Waals surface area contributed by atoms with Crippen molar-refractivity contribution in [3.05, 3.63) is 21.4 Å². The van der Waals surface area contributed by atoms with E-state index in [1.807, 2.05) is 5.38 Å². The van der Waals surface area contributed by atoms with Gasteiger partial charge in [-0.1, -0.05) is 6.42 Å². The van der Waals surface area contributed by atoms with Gasteiger partial charge in [-0.15, -0.1) is 11.3 Å². The number of nitrogens with one attached hydrogen (secondary N) is 2. The Morgan fingerprint density at radius 1 is 1.30 bits per heavy atom. The van der Waals surface area contributed by atoms with E-state index in [1.165, 1.54) is 16.9 Å². The molecular formula is C15H23N2O4PS. The van der Waals surface area contributed by atoms with E-state index in [0.29, 0.717) is 11.3 Å². The van der Waals surface area contributed by atoms with Crippen LogP contribution in [0.1, 0.15) is 52.9 Å². The quantitative estimate of drug-likeness (QED) is 0.617. The Hall–Kier alpha value is -0.720. The molecule has 3 rings (SSSR count). The molecule has 1 amide bonds. The van der Waals surface area contributed by atoms with Gasteiger partial charge in [-0.25, -0.2) is 0 Å². The molecule has 0 saturated carbocycles. The van der Waals surface area contributed by atoms with E-state index < -0.39 is 13.4 Å². The minimum Gasteiger partial charge on any atom is -0.336 e. The zero-order valence-corrected chi connectivity index (χ0v) is 14.7. The van der Waals surface area contributed by atoms with Gasteiger partial charge in [0.15, 0.2) is 0 Å². The molecule has 0 radical (unpaired) electrons. The average molecular weight is 358 g/mol. The summed E-state index contributed by atoms with van der Waals surface area (Å²) in [6.07, 6.45) is 6.65. The van der Waals surface area contributed by atoms with Gasteiger partial charge in [-0.2, -0.15) is 0 Å².